The largest absolute Gasteiger partial charge is 0.399 e. The molecule has 174 valence electrons. The fourth-order valence-corrected chi connectivity index (χ4v) is 6.44. The van der Waals surface area contributed by atoms with E-state index in [4.69, 9.17) is 12.2 Å². The smallest absolute Gasteiger partial charge is 0.195 e. The summed E-state index contributed by atoms with van der Waals surface area (Å²) in [5.41, 5.74) is 12.6. The molecule has 0 bridgehead atoms. The number of aromatic nitrogens is 1. The molecule has 3 heterocycles. The zero-order chi connectivity index (χ0) is 23.6. The van der Waals surface area contributed by atoms with Crippen molar-refractivity contribution < 1.29 is 4.79 Å². The second-order valence-corrected chi connectivity index (χ2v) is 10.7. The average Bonchev–Trinajstić information content (AvgIpc) is 3.51. The average molecular weight is 453 g/mol. The molecule has 0 saturated carbocycles. The van der Waals surface area contributed by atoms with Gasteiger partial charge in [0.2, 0.25) is 0 Å². The summed E-state index contributed by atoms with van der Waals surface area (Å²) in [5.74, 6) is 2.93. The maximum atomic E-state index is 13.8. The monoisotopic (exact) mass is 452 g/mol. The van der Waals surface area contributed by atoms with Crippen molar-refractivity contribution in [2.24, 2.45) is 0 Å². The van der Waals surface area contributed by atoms with Crippen LogP contribution in [-0.2, 0) is 5.41 Å². The Labute approximate surface area is 201 Å². The van der Waals surface area contributed by atoms with Crippen molar-refractivity contribution in [3.05, 3.63) is 58.3 Å². The number of hydrogen-bond acceptors (Lipinski definition) is 4. The number of carbonyl (C=O) groups is 1. The van der Waals surface area contributed by atoms with Crippen molar-refractivity contribution >= 4 is 28.1 Å². The van der Waals surface area contributed by atoms with Crippen molar-refractivity contribution in [1.29, 1.82) is 0 Å². The van der Waals surface area contributed by atoms with E-state index in [-0.39, 0.29) is 11.2 Å². The number of fused-ring (bicyclic) bond motifs is 4. The number of likely N-dealkylation sites (tertiary alicyclic amines) is 1. The van der Waals surface area contributed by atoms with E-state index in [1.807, 2.05) is 24.3 Å². The summed E-state index contributed by atoms with van der Waals surface area (Å²) in [6.45, 7) is 8.87. The van der Waals surface area contributed by atoms with Gasteiger partial charge in [-0.15, -0.1) is 6.42 Å². The van der Waals surface area contributed by atoms with E-state index in [1.165, 1.54) is 25.9 Å². The predicted molar refractivity (Wildman–Crippen MR) is 139 cm³/mol. The van der Waals surface area contributed by atoms with Crippen LogP contribution in [0.25, 0.3) is 10.9 Å². The normalized spacial score (nSPS) is 20.4. The Morgan fingerprint density at radius 2 is 1.82 bits per heavy atom. The first-order valence-electron chi connectivity index (χ1n) is 12.5. The van der Waals surface area contributed by atoms with Gasteiger partial charge >= 0.3 is 0 Å². The number of H-pyrrole nitrogens is 1. The minimum Gasteiger partial charge on any atom is -0.399 e. The molecule has 3 aromatic rings. The highest BCUT2D eigenvalue weighted by molar-refractivity contribution is 6.20. The van der Waals surface area contributed by atoms with Crippen LogP contribution < -0.4 is 10.6 Å². The molecule has 6 rings (SSSR count). The lowest BCUT2D eigenvalue weighted by atomic mass is 9.70. The minimum absolute atomic E-state index is 0.0381. The number of ketones is 1. The van der Waals surface area contributed by atoms with Gasteiger partial charge in [-0.2, -0.15) is 0 Å². The van der Waals surface area contributed by atoms with Crippen LogP contribution in [0.15, 0.2) is 30.3 Å². The van der Waals surface area contributed by atoms with Crippen LogP contribution in [-0.4, -0.2) is 47.9 Å². The van der Waals surface area contributed by atoms with Gasteiger partial charge in [-0.3, -0.25) is 4.79 Å². The van der Waals surface area contributed by atoms with Crippen LogP contribution >= 0.6 is 0 Å². The van der Waals surface area contributed by atoms with Gasteiger partial charge in [0.25, 0.3) is 0 Å². The number of carbonyl (C=O) groups excluding carboxylic acids is 1. The van der Waals surface area contributed by atoms with Crippen molar-refractivity contribution in [1.82, 2.24) is 9.88 Å². The zero-order valence-corrected chi connectivity index (χ0v) is 20.1. The molecular weight excluding hydrogens is 420 g/mol. The van der Waals surface area contributed by atoms with Gasteiger partial charge in [0, 0.05) is 58.0 Å². The highest BCUT2D eigenvalue weighted by atomic mass is 16.1. The summed E-state index contributed by atoms with van der Waals surface area (Å²) >= 11 is 0. The van der Waals surface area contributed by atoms with E-state index in [0.29, 0.717) is 11.7 Å². The lowest BCUT2D eigenvalue weighted by molar-refractivity contribution is 0.103. The number of piperidine rings is 1. The van der Waals surface area contributed by atoms with E-state index in [0.717, 1.165) is 70.5 Å². The fourth-order valence-electron chi connectivity index (χ4n) is 6.44. The third-order valence-electron chi connectivity index (χ3n) is 8.35. The molecule has 5 nitrogen and oxygen atoms in total. The molecule has 0 spiro atoms. The Morgan fingerprint density at radius 1 is 1.09 bits per heavy atom. The summed E-state index contributed by atoms with van der Waals surface area (Å²) in [5, 5.41) is 0.920. The second kappa shape index (κ2) is 7.65. The molecule has 2 saturated heterocycles. The number of benzene rings is 2. The summed E-state index contributed by atoms with van der Waals surface area (Å²) in [6, 6.07) is 10.5. The topological polar surface area (TPSA) is 65.4 Å². The molecule has 2 aromatic carbocycles. The number of nitrogens with one attached hydrogen (secondary N) is 1. The molecule has 1 aliphatic carbocycles. The number of anilines is 2. The summed E-state index contributed by atoms with van der Waals surface area (Å²) in [6.07, 6.45) is 11.0. The van der Waals surface area contributed by atoms with E-state index in [1.54, 1.807) is 0 Å². The Hall–Kier alpha value is -3.23. The van der Waals surface area contributed by atoms with Gasteiger partial charge < -0.3 is 20.5 Å². The quantitative estimate of drug-likeness (QED) is 0.438. The molecule has 3 aliphatic rings. The SMILES string of the molecule is C#Cc1cc2c(cc1N1CCC(N3CCCC3)CC1)C(C)(C)c1[nH]c3cc(N)ccc3c1C2=O. The molecule has 5 heteroatoms. The van der Waals surface area contributed by atoms with Crippen molar-refractivity contribution in [2.45, 2.75) is 51.0 Å². The van der Waals surface area contributed by atoms with Crippen LogP contribution in [0.1, 0.15) is 72.3 Å². The van der Waals surface area contributed by atoms with E-state index in [9.17, 15) is 4.79 Å². The highest BCUT2D eigenvalue weighted by Gasteiger charge is 2.40. The Kier molecular flexibility index (Phi) is 4.79. The standard InChI is InChI=1S/C29H32N4O/c1-4-18-15-22-23(17-25(18)33-13-9-20(10-14-33)32-11-5-6-12-32)29(2,3)28-26(27(22)34)21-8-7-19(30)16-24(21)31-28/h1,7-8,15-17,20,31H,5-6,9-14,30H2,2-3H3. The predicted octanol–water partition coefficient (Wildman–Crippen LogP) is 4.67. The van der Waals surface area contributed by atoms with Crippen LogP contribution in [0.2, 0.25) is 0 Å². The second-order valence-electron chi connectivity index (χ2n) is 10.7. The molecule has 0 unspecified atom stereocenters. The zero-order valence-electron chi connectivity index (χ0n) is 20.1. The van der Waals surface area contributed by atoms with Gasteiger partial charge in [-0.05, 0) is 68.6 Å². The van der Waals surface area contributed by atoms with Crippen LogP contribution in [0.3, 0.4) is 0 Å². The first-order valence-corrected chi connectivity index (χ1v) is 12.5. The van der Waals surface area contributed by atoms with Gasteiger partial charge in [-0.1, -0.05) is 25.8 Å². The Morgan fingerprint density at radius 3 is 2.53 bits per heavy atom. The van der Waals surface area contributed by atoms with Crippen LogP contribution in [0, 0.1) is 12.3 Å². The molecule has 3 N–H and O–H groups in total. The number of hydrogen-bond donors (Lipinski definition) is 2. The third kappa shape index (κ3) is 3.09. The molecule has 2 aliphatic heterocycles. The first kappa shape index (κ1) is 21.3. The molecular formula is C29H32N4O. The van der Waals surface area contributed by atoms with Crippen LogP contribution in [0.4, 0.5) is 11.4 Å². The fraction of sp³-hybridized carbons (Fsp3) is 0.414. The van der Waals surface area contributed by atoms with Gasteiger partial charge in [0.05, 0.1) is 11.3 Å². The van der Waals surface area contributed by atoms with Crippen molar-refractivity contribution in [2.75, 3.05) is 36.8 Å². The van der Waals surface area contributed by atoms with Crippen LogP contribution in [0.5, 0.6) is 0 Å². The maximum absolute atomic E-state index is 13.8. The summed E-state index contributed by atoms with van der Waals surface area (Å²) < 4.78 is 0. The Balaban J connectivity index is 1.40. The number of nitrogen functional groups attached to an aromatic ring is 1. The van der Waals surface area contributed by atoms with Gasteiger partial charge in [-0.25, -0.2) is 0 Å². The van der Waals surface area contributed by atoms with Crippen molar-refractivity contribution in [3.8, 4) is 12.3 Å². The first-order chi connectivity index (χ1) is 16.4. The number of aromatic amines is 1. The maximum Gasteiger partial charge on any atom is 0.195 e. The highest BCUT2D eigenvalue weighted by Crippen LogP contribution is 2.46. The van der Waals surface area contributed by atoms with Gasteiger partial charge in [0.15, 0.2) is 5.78 Å². The molecule has 0 radical (unpaired) electrons. The number of nitrogens with zero attached hydrogens (tertiary/aromatic N) is 2. The number of nitrogens with two attached hydrogens (primary N) is 1. The summed E-state index contributed by atoms with van der Waals surface area (Å²) in [7, 11) is 0. The Bertz CT molecular complexity index is 1340. The molecule has 0 atom stereocenters. The molecule has 34 heavy (non-hydrogen) atoms. The lowest BCUT2D eigenvalue weighted by Crippen LogP contribution is -2.44. The number of terminal acetylenes is 1. The molecule has 0 amide bonds. The lowest BCUT2D eigenvalue weighted by Gasteiger charge is -2.39. The van der Waals surface area contributed by atoms with E-state index < -0.39 is 0 Å². The van der Waals surface area contributed by atoms with E-state index in [2.05, 4.69) is 40.6 Å². The number of rotatable bonds is 2. The van der Waals surface area contributed by atoms with Crippen molar-refractivity contribution in [3.63, 3.8) is 0 Å². The van der Waals surface area contributed by atoms with Gasteiger partial charge in [0.1, 0.15) is 0 Å². The molecule has 1 aromatic heterocycles. The molecule has 2 fully saturated rings. The minimum atomic E-state index is -0.359. The third-order valence-corrected chi connectivity index (χ3v) is 8.35. The van der Waals surface area contributed by atoms with E-state index >= 15 is 0 Å². The summed E-state index contributed by atoms with van der Waals surface area (Å²) in [4.78, 5) is 22.4.